The minimum absolute atomic E-state index is 0.0843. The quantitative estimate of drug-likeness (QED) is 0.432. The topological polar surface area (TPSA) is 108 Å². The molecule has 10 nitrogen and oxygen atoms in total. The summed E-state index contributed by atoms with van der Waals surface area (Å²) in [6.07, 6.45) is 6.88. The van der Waals surface area contributed by atoms with Gasteiger partial charge in [-0.2, -0.15) is 5.06 Å². The van der Waals surface area contributed by atoms with E-state index in [4.69, 9.17) is 9.57 Å². The highest BCUT2D eigenvalue weighted by Crippen LogP contribution is 2.30. The van der Waals surface area contributed by atoms with E-state index in [1.807, 2.05) is 51.1 Å². The van der Waals surface area contributed by atoms with Gasteiger partial charge >= 0.3 is 12.1 Å². The van der Waals surface area contributed by atoms with Gasteiger partial charge in [0.1, 0.15) is 18.2 Å². The molecule has 1 saturated carbocycles. The molecule has 2 atom stereocenters. The van der Waals surface area contributed by atoms with Gasteiger partial charge in [-0.05, 0) is 58.4 Å². The van der Waals surface area contributed by atoms with Crippen LogP contribution in [0.4, 0.5) is 9.59 Å². The minimum atomic E-state index is -0.615. The first-order valence-corrected chi connectivity index (χ1v) is 14.7. The Morgan fingerprint density at radius 2 is 1.75 bits per heavy atom. The molecule has 2 heterocycles. The summed E-state index contributed by atoms with van der Waals surface area (Å²) in [5, 5.41) is 4.13. The molecule has 1 aromatic rings. The summed E-state index contributed by atoms with van der Waals surface area (Å²) >= 11 is 0. The maximum atomic E-state index is 13.0. The zero-order valence-corrected chi connectivity index (χ0v) is 24.1. The smallest absolute Gasteiger partial charge is 0.410 e. The largest absolute Gasteiger partial charge is 0.444 e. The molecule has 2 bridgehead atoms. The Morgan fingerprint density at radius 3 is 2.45 bits per heavy atom. The molecule has 2 saturated heterocycles. The molecule has 1 aliphatic carbocycles. The van der Waals surface area contributed by atoms with Gasteiger partial charge in [0.2, 0.25) is 5.91 Å². The molecular weight excluding hydrogens is 512 g/mol. The number of urea groups is 1. The van der Waals surface area contributed by atoms with Crippen molar-refractivity contribution in [3.05, 3.63) is 35.9 Å². The van der Waals surface area contributed by atoms with Gasteiger partial charge in [0, 0.05) is 25.6 Å². The number of hydrogen-bond donors (Lipinski definition) is 1. The summed E-state index contributed by atoms with van der Waals surface area (Å²) in [5.41, 5.74) is 0.387. The fourth-order valence-corrected chi connectivity index (χ4v) is 5.76. The average Bonchev–Trinajstić information content (AvgIpc) is 3.17. The summed E-state index contributed by atoms with van der Waals surface area (Å²) < 4.78 is 5.64. The van der Waals surface area contributed by atoms with Crippen LogP contribution in [0.5, 0.6) is 0 Å². The number of rotatable bonds is 11. The van der Waals surface area contributed by atoms with Crippen LogP contribution in [0.15, 0.2) is 30.3 Å². The van der Waals surface area contributed by atoms with Crippen molar-refractivity contribution in [3.8, 4) is 0 Å². The lowest BCUT2D eigenvalue weighted by Crippen LogP contribution is -2.50. The van der Waals surface area contributed by atoms with Gasteiger partial charge < -0.3 is 19.9 Å². The standard InChI is InChI=1S/C30H44N4O6/c1-30(2,3)40-29(38)32(23-13-8-5-9-14-23)18-10-15-25(35)19-31-27(36)26-17-16-24-20-33(26)28(37)34(24)39-21-22-11-6-4-7-12-22/h4,6-7,11-12,23-24,26H,5,8-10,13-21H2,1-3H3,(H,31,36)/t24?,26-/m0/s1. The van der Waals surface area contributed by atoms with E-state index in [1.165, 1.54) is 11.5 Å². The number of nitrogens with one attached hydrogen (secondary N) is 1. The number of benzene rings is 1. The third kappa shape index (κ3) is 7.96. The number of nitrogens with zero attached hydrogens (tertiary/aromatic N) is 3. The van der Waals surface area contributed by atoms with Crippen LogP contribution in [0.25, 0.3) is 0 Å². The van der Waals surface area contributed by atoms with Crippen LogP contribution in [0, 0.1) is 0 Å². The third-order valence-electron chi connectivity index (χ3n) is 7.80. The lowest BCUT2D eigenvalue weighted by Gasteiger charge is -2.35. The molecule has 1 aromatic carbocycles. The van der Waals surface area contributed by atoms with Crippen LogP contribution in [0.2, 0.25) is 0 Å². The van der Waals surface area contributed by atoms with E-state index in [2.05, 4.69) is 5.32 Å². The molecule has 40 heavy (non-hydrogen) atoms. The van der Waals surface area contributed by atoms with Crippen LogP contribution in [-0.2, 0) is 25.8 Å². The Labute approximate surface area is 237 Å². The highest BCUT2D eigenvalue weighted by Gasteiger charge is 2.47. The molecule has 3 fully saturated rings. The second-order valence-electron chi connectivity index (χ2n) is 12.1. The number of ether oxygens (including phenoxy) is 1. The molecule has 1 N–H and O–H groups in total. The molecule has 0 radical (unpaired) electrons. The molecule has 0 spiro atoms. The number of hydroxylamine groups is 2. The number of Topliss-reactive ketones (excluding diaryl/α,β-unsaturated/α-hetero) is 1. The Morgan fingerprint density at radius 1 is 1.02 bits per heavy atom. The van der Waals surface area contributed by atoms with Crippen molar-refractivity contribution in [2.45, 2.75) is 109 Å². The van der Waals surface area contributed by atoms with E-state index in [-0.39, 0.29) is 55.5 Å². The van der Waals surface area contributed by atoms with Crippen molar-refractivity contribution in [2.24, 2.45) is 0 Å². The van der Waals surface area contributed by atoms with Crippen molar-refractivity contribution >= 4 is 23.8 Å². The van der Waals surface area contributed by atoms with E-state index < -0.39 is 11.6 Å². The van der Waals surface area contributed by atoms with E-state index in [9.17, 15) is 19.2 Å². The van der Waals surface area contributed by atoms with Gasteiger partial charge in [-0.25, -0.2) is 9.59 Å². The summed E-state index contributed by atoms with van der Waals surface area (Å²) in [6, 6.07) is 8.76. The van der Waals surface area contributed by atoms with Crippen LogP contribution < -0.4 is 5.32 Å². The first-order valence-electron chi connectivity index (χ1n) is 14.7. The Bertz CT molecular complexity index is 1040. The summed E-state index contributed by atoms with van der Waals surface area (Å²) in [4.78, 5) is 60.6. The minimum Gasteiger partial charge on any atom is -0.444 e. The van der Waals surface area contributed by atoms with Crippen LogP contribution in [0.3, 0.4) is 0 Å². The van der Waals surface area contributed by atoms with Crippen molar-refractivity contribution in [1.29, 1.82) is 0 Å². The Hall–Kier alpha value is -3.14. The predicted molar refractivity (Wildman–Crippen MR) is 149 cm³/mol. The molecule has 4 rings (SSSR count). The summed E-state index contributed by atoms with van der Waals surface area (Å²) in [7, 11) is 0. The zero-order valence-electron chi connectivity index (χ0n) is 24.1. The van der Waals surface area contributed by atoms with Gasteiger partial charge in [-0.3, -0.25) is 14.4 Å². The van der Waals surface area contributed by atoms with Gasteiger partial charge in [0.05, 0.1) is 12.6 Å². The summed E-state index contributed by atoms with van der Waals surface area (Å²) in [6.45, 7) is 6.64. The molecular formula is C30H44N4O6. The van der Waals surface area contributed by atoms with Gasteiger partial charge in [-0.1, -0.05) is 49.6 Å². The number of ketones is 1. The van der Waals surface area contributed by atoms with Crippen molar-refractivity contribution in [2.75, 3.05) is 19.6 Å². The van der Waals surface area contributed by atoms with Crippen LogP contribution in [0.1, 0.15) is 84.1 Å². The van der Waals surface area contributed by atoms with Crippen molar-refractivity contribution in [3.63, 3.8) is 0 Å². The molecule has 2 aliphatic heterocycles. The van der Waals surface area contributed by atoms with Crippen LogP contribution >= 0.6 is 0 Å². The lowest BCUT2D eigenvalue weighted by atomic mass is 9.94. The highest BCUT2D eigenvalue weighted by atomic mass is 16.7. The normalized spacial score (nSPS) is 21.3. The van der Waals surface area contributed by atoms with Crippen molar-refractivity contribution < 1.29 is 28.8 Å². The average molecular weight is 557 g/mol. The third-order valence-corrected chi connectivity index (χ3v) is 7.80. The number of hydrogen-bond acceptors (Lipinski definition) is 6. The number of carbonyl (C=O) groups is 4. The molecule has 10 heteroatoms. The predicted octanol–water partition coefficient (Wildman–Crippen LogP) is 4.42. The molecule has 220 valence electrons. The Balaban J connectivity index is 1.21. The van der Waals surface area contributed by atoms with E-state index >= 15 is 0 Å². The molecule has 3 aliphatic rings. The van der Waals surface area contributed by atoms with Gasteiger partial charge in [0.15, 0.2) is 5.78 Å². The van der Waals surface area contributed by atoms with Gasteiger partial charge in [0.25, 0.3) is 0 Å². The number of piperidine rings is 1. The first kappa shape index (κ1) is 29.8. The van der Waals surface area contributed by atoms with Gasteiger partial charge in [-0.15, -0.1) is 0 Å². The second-order valence-corrected chi connectivity index (χ2v) is 12.1. The maximum absolute atomic E-state index is 13.0. The fraction of sp³-hybridized carbons (Fsp3) is 0.667. The van der Waals surface area contributed by atoms with E-state index in [0.29, 0.717) is 32.4 Å². The number of carbonyl (C=O) groups excluding carboxylic acids is 4. The highest BCUT2D eigenvalue weighted by molar-refractivity contribution is 5.91. The zero-order chi connectivity index (χ0) is 28.7. The SMILES string of the molecule is CC(C)(C)OC(=O)N(CCCC(=O)CNC(=O)[C@@H]1CCC2CN1C(=O)N2OCc1ccccc1)C1CCCCC1. The fourth-order valence-electron chi connectivity index (χ4n) is 5.76. The molecule has 1 unspecified atom stereocenters. The first-order chi connectivity index (χ1) is 19.1. The van der Waals surface area contributed by atoms with E-state index in [0.717, 1.165) is 31.2 Å². The second kappa shape index (κ2) is 13.5. The maximum Gasteiger partial charge on any atom is 0.410 e. The lowest BCUT2D eigenvalue weighted by molar-refractivity contribution is -0.140. The monoisotopic (exact) mass is 556 g/mol. The van der Waals surface area contributed by atoms with E-state index in [1.54, 1.807) is 9.80 Å². The Kier molecular flexibility index (Phi) is 10.1. The number of amides is 4. The molecule has 0 aromatic heterocycles. The number of fused-ring (bicyclic) bond motifs is 2. The summed E-state index contributed by atoms with van der Waals surface area (Å²) in [5.74, 6) is -0.418. The van der Waals surface area contributed by atoms with Crippen molar-refractivity contribution in [1.82, 2.24) is 20.2 Å². The van der Waals surface area contributed by atoms with Crippen LogP contribution in [-0.4, -0.2) is 82.0 Å². The molecule has 4 amide bonds.